The maximum atomic E-state index is 11.4. The van der Waals surface area contributed by atoms with Gasteiger partial charge in [-0.2, -0.15) is 0 Å². The number of nitrogens with one attached hydrogen (secondary N) is 3. The zero-order valence-corrected chi connectivity index (χ0v) is 17.4. The highest BCUT2D eigenvalue weighted by Gasteiger charge is 2.15. The summed E-state index contributed by atoms with van der Waals surface area (Å²) in [5.41, 5.74) is 4.61. The fourth-order valence-corrected chi connectivity index (χ4v) is 3.35. The molecule has 2 aromatic carbocycles. The zero-order chi connectivity index (χ0) is 20.6. The molecule has 0 spiro atoms. The highest BCUT2D eigenvalue weighted by atomic mass is 16.5. The molecule has 1 amide bonds. The molecule has 29 heavy (non-hydrogen) atoms. The predicted molar refractivity (Wildman–Crippen MR) is 118 cm³/mol. The summed E-state index contributed by atoms with van der Waals surface area (Å²) in [4.78, 5) is 15.7. The van der Waals surface area contributed by atoms with E-state index in [9.17, 15) is 4.79 Å². The molecule has 0 aliphatic carbocycles. The van der Waals surface area contributed by atoms with E-state index in [1.54, 1.807) is 7.05 Å². The predicted octanol–water partition coefficient (Wildman–Crippen LogP) is 3.23. The Hall–Kier alpha value is -3.02. The summed E-state index contributed by atoms with van der Waals surface area (Å²) in [6.45, 7) is 6.30. The molecule has 6 nitrogen and oxygen atoms in total. The molecule has 6 heteroatoms. The first kappa shape index (κ1) is 20.7. The molecule has 1 aliphatic rings. The number of hydrogen-bond acceptors (Lipinski definition) is 3. The van der Waals surface area contributed by atoms with E-state index < -0.39 is 0 Å². The van der Waals surface area contributed by atoms with Crippen LogP contribution in [0.25, 0.3) is 0 Å². The third-order valence-corrected chi connectivity index (χ3v) is 5.05. The molecular weight excluding hydrogens is 364 g/mol. The van der Waals surface area contributed by atoms with Gasteiger partial charge in [0.25, 0.3) is 0 Å². The van der Waals surface area contributed by atoms with Crippen LogP contribution in [0, 0.1) is 6.92 Å². The normalized spacial score (nSPS) is 14.6. The number of carbonyl (C=O) groups is 1. The highest BCUT2D eigenvalue weighted by molar-refractivity contribution is 5.94. The summed E-state index contributed by atoms with van der Waals surface area (Å²) in [7, 11) is 1.77. The van der Waals surface area contributed by atoms with Gasteiger partial charge in [0.15, 0.2) is 5.96 Å². The lowest BCUT2D eigenvalue weighted by molar-refractivity contribution is -0.116. The van der Waals surface area contributed by atoms with Gasteiger partial charge < -0.3 is 20.7 Å². The molecule has 1 atom stereocenters. The molecule has 0 radical (unpaired) electrons. The molecule has 0 aromatic heterocycles. The first-order valence-corrected chi connectivity index (χ1v) is 10.1. The standard InChI is InChI=1S/C23H30N4O2/c1-16-5-4-6-18(13-16)17(2)15-26-23(24-3)25-11-12-29-20-8-9-21-19(14-20)7-10-22(28)27-21/h4-6,8-9,13-14,17H,7,10-12,15H2,1-3H3,(H,27,28)(H2,24,25,26). The zero-order valence-electron chi connectivity index (χ0n) is 17.4. The van der Waals surface area contributed by atoms with Crippen LogP contribution >= 0.6 is 0 Å². The second-order valence-corrected chi connectivity index (χ2v) is 7.41. The number of ether oxygens (including phenoxy) is 1. The first-order valence-electron chi connectivity index (χ1n) is 10.1. The minimum absolute atomic E-state index is 0.0750. The third kappa shape index (κ3) is 5.98. The summed E-state index contributed by atoms with van der Waals surface area (Å²) in [6, 6.07) is 14.4. The molecule has 3 rings (SSSR count). The summed E-state index contributed by atoms with van der Waals surface area (Å²) in [5, 5.41) is 9.54. The van der Waals surface area contributed by atoms with Gasteiger partial charge in [0.2, 0.25) is 5.91 Å². The molecule has 0 bridgehead atoms. The van der Waals surface area contributed by atoms with Crippen molar-refractivity contribution in [1.82, 2.24) is 10.6 Å². The van der Waals surface area contributed by atoms with Crippen molar-refractivity contribution in [3.8, 4) is 5.75 Å². The number of rotatable bonds is 7. The van der Waals surface area contributed by atoms with Crippen LogP contribution in [0.5, 0.6) is 5.75 Å². The van der Waals surface area contributed by atoms with Crippen LogP contribution < -0.4 is 20.7 Å². The van der Waals surface area contributed by atoms with Crippen LogP contribution in [-0.2, 0) is 11.2 Å². The van der Waals surface area contributed by atoms with Gasteiger partial charge in [0, 0.05) is 25.7 Å². The summed E-state index contributed by atoms with van der Waals surface area (Å²) in [6.07, 6.45) is 1.28. The largest absolute Gasteiger partial charge is 0.492 e. The third-order valence-electron chi connectivity index (χ3n) is 5.05. The van der Waals surface area contributed by atoms with Crippen LogP contribution in [0.2, 0.25) is 0 Å². The molecule has 1 aliphatic heterocycles. The van der Waals surface area contributed by atoms with E-state index in [-0.39, 0.29) is 5.91 Å². The van der Waals surface area contributed by atoms with Gasteiger partial charge in [-0.25, -0.2) is 0 Å². The second-order valence-electron chi connectivity index (χ2n) is 7.41. The smallest absolute Gasteiger partial charge is 0.224 e. The van der Waals surface area contributed by atoms with Crippen molar-refractivity contribution < 1.29 is 9.53 Å². The summed E-state index contributed by atoms with van der Waals surface area (Å²) in [5.74, 6) is 2.05. The lowest BCUT2D eigenvalue weighted by Gasteiger charge is -2.18. The number of carbonyl (C=O) groups excluding carboxylic acids is 1. The summed E-state index contributed by atoms with van der Waals surface area (Å²) < 4.78 is 5.84. The van der Waals surface area contributed by atoms with Crippen molar-refractivity contribution in [2.75, 3.05) is 32.1 Å². The Morgan fingerprint density at radius 3 is 2.86 bits per heavy atom. The summed E-state index contributed by atoms with van der Waals surface area (Å²) >= 11 is 0. The van der Waals surface area contributed by atoms with Gasteiger partial charge in [-0.3, -0.25) is 9.79 Å². The Morgan fingerprint density at radius 2 is 2.07 bits per heavy atom. The van der Waals surface area contributed by atoms with Gasteiger partial charge in [-0.15, -0.1) is 0 Å². The topological polar surface area (TPSA) is 74.8 Å². The molecule has 0 saturated heterocycles. The van der Waals surface area contributed by atoms with Crippen molar-refractivity contribution in [2.24, 2.45) is 4.99 Å². The Kier molecular flexibility index (Phi) is 7.11. The number of hydrogen-bond donors (Lipinski definition) is 3. The van der Waals surface area contributed by atoms with Gasteiger partial charge >= 0.3 is 0 Å². The number of fused-ring (bicyclic) bond motifs is 1. The Bertz CT molecular complexity index is 879. The van der Waals surface area contributed by atoms with Crippen LogP contribution in [0.1, 0.15) is 36.0 Å². The number of guanidine groups is 1. The van der Waals surface area contributed by atoms with Crippen molar-refractivity contribution in [3.63, 3.8) is 0 Å². The number of aryl methyl sites for hydroxylation is 2. The number of amides is 1. The lowest BCUT2D eigenvalue weighted by atomic mass is 9.99. The van der Waals surface area contributed by atoms with Crippen molar-refractivity contribution >= 4 is 17.6 Å². The number of nitrogens with zero attached hydrogens (tertiary/aromatic N) is 1. The van der Waals surface area contributed by atoms with Crippen LogP contribution in [0.15, 0.2) is 47.5 Å². The van der Waals surface area contributed by atoms with E-state index in [1.807, 2.05) is 18.2 Å². The number of aliphatic imine (C=N–C) groups is 1. The number of benzene rings is 2. The van der Waals surface area contributed by atoms with Crippen LogP contribution in [-0.4, -0.2) is 38.6 Å². The van der Waals surface area contributed by atoms with Crippen LogP contribution in [0.3, 0.4) is 0 Å². The molecule has 1 unspecified atom stereocenters. The highest BCUT2D eigenvalue weighted by Crippen LogP contribution is 2.26. The minimum Gasteiger partial charge on any atom is -0.492 e. The van der Waals surface area contributed by atoms with E-state index in [1.165, 1.54) is 11.1 Å². The number of anilines is 1. The van der Waals surface area contributed by atoms with Crippen molar-refractivity contribution in [3.05, 3.63) is 59.2 Å². The average Bonchev–Trinajstić information content (AvgIpc) is 2.73. The van der Waals surface area contributed by atoms with Gasteiger partial charge in [-0.05, 0) is 48.6 Å². The molecule has 2 aromatic rings. The maximum absolute atomic E-state index is 11.4. The maximum Gasteiger partial charge on any atom is 0.224 e. The van der Waals surface area contributed by atoms with E-state index in [4.69, 9.17) is 4.74 Å². The molecular formula is C23H30N4O2. The van der Waals surface area contributed by atoms with Crippen molar-refractivity contribution in [1.29, 1.82) is 0 Å². The van der Waals surface area contributed by atoms with E-state index in [0.29, 0.717) is 25.5 Å². The van der Waals surface area contributed by atoms with E-state index >= 15 is 0 Å². The average molecular weight is 395 g/mol. The fourth-order valence-electron chi connectivity index (χ4n) is 3.35. The van der Waals surface area contributed by atoms with Gasteiger partial charge in [-0.1, -0.05) is 36.8 Å². The molecule has 0 fully saturated rings. The molecule has 1 heterocycles. The molecule has 154 valence electrons. The monoisotopic (exact) mass is 394 g/mol. The fraction of sp³-hybridized carbons (Fsp3) is 0.391. The SMILES string of the molecule is CN=C(NCCOc1ccc2c(c1)CCC(=O)N2)NCC(C)c1cccc(C)c1. The van der Waals surface area contributed by atoms with Gasteiger partial charge in [0.1, 0.15) is 12.4 Å². The van der Waals surface area contributed by atoms with Crippen molar-refractivity contribution in [2.45, 2.75) is 32.6 Å². The first-order chi connectivity index (χ1) is 14.0. The Labute approximate surface area is 172 Å². The minimum atomic E-state index is 0.0750. The Balaban J connectivity index is 1.40. The lowest BCUT2D eigenvalue weighted by Crippen LogP contribution is -2.40. The van der Waals surface area contributed by atoms with E-state index in [2.05, 4.69) is 59.1 Å². The van der Waals surface area contributed by atoms with Gasteiger partial charge in [0.05, 0.1) is 6.54 Å². The van der Waals surface area contributed by atoms with E-state index in [0.717, 1.165) is 35.9 Å². The van der Waals surface area contributed by atoms with Crippen LogP contribution in [0.4, 0.5) is 5.69 Å². The second kappa shape index (κ2) is 9.96. The Morgan fingerprint density at radius 1 is 1.21 bits per heavy atom. The quantitative estimate of drug-likeness (QED) is 0.383. The molecule has 0 saturated carbocycles. The molecule has 3 N–H and O–H groups in total.